The van der Waals surface area contributed by atoms with Gasteiger partial charge in [-0.15, -0.1) is 0 Å². The zero-order valence-electron chi connectivity index (χ0n) is 15.7. The fourth-order valence-electron chi connectivity index (χ4n) is 4.48. The number of para-hydroxylation sites is 1. The second-order valence-corrected chi connectivity index (χ2v) is 8.17. The van der Waals surface area contributed by atoms with Crippen LogP contribution in [0.15, 0.2) is 30.3 Å². The highest BCUT2D eigenvalue weighted by atomic mass is 16.5. The first-order chi connectivity index (χ1) is 13.3. The van der Waals surface area contributed by atoms with Gasteiger partial charge in [-0.1, -0.05) is 18.2 Å². The largest absolute Gasteiger partial charge is 0.378 e. The van der Waals surface area contributed by atoms with E-state index in [1.54, 1.807) is 0 Å². The van der Waals surface area contributed by atoms with Crippen molar-refractivity contribution in [1.82, 2.24) is 10.3 Å². The number of aromatic nitrogens is 1. The molecule has 3 aliphatic rings. The minimum absolute atomic E-state index is 0.0339. The Morgan fingerprint density at radius 3 is 2.67 bits per heavy atom. The van der Waals surface area contributed by atoms with E-state index in [9.17, 15) is 4.79 Å². The van der Waals surface area contributed by atoms with Crippen LogP contribution in [0.3, 0.4) is 0 Å². The summed E-state index contributed by atoms with van der Waals surface area (Å²) < 4.78 is 5.90. The van der Waals surface area contributed by atoms with Crippen molar-refractivity contribution in [2.24, 2.45) is 5.92 Å². The zero-order valence-corrected chi connectivity index (χ0v) is 15.7. The number of anilines is 1. The van der Waals surface area contributed by atoms with Gasteiger partial charge in [-0.2, -0.15) is 0 Å². The van der Waals surface area contributed by atoms with E-state index in [1.165, 1.54) is 12.8 Å². The third-order valence-corrected chi connectivity index (χ3v) is 6.21. The molecule has 1 unspecified atom stereocenters. The predicted molar refractivity (Wildman–Crippen MR) is 106 cm³/mol. The molecule has 2 aliphatic heterocycles. The minimum Gasteiger partial charge on any atom is -0.378 e. The molecule has 5 nitrogen and oxygen atoms in total. The molecule has 1 aromatic carbocycles. The van der Waals surface area contributed by atoms with Gasteiger partial charge in [0, 0.05) is 31.1 Å². The molecule has 1 saturated carbocycles. The molecule has 1 aliphatic carbocycles. The molecule has 1 atom stereocenters. The Morgan fingerprint density at radius 2 is 1.93 bits per heavy atom. The Labute approximate surface area is 160 Å². The van der Waals surface area contributed by atoms with Gasteiger partial charge >= 0.3 is 0 Å². The summed E-state index contributed by atoms with van der Waals surface area (Å²) in [5, 5.41) is 4.07. The van der Waals surface area contributed by atoms with Crippen LogP contribution < -0.4 is 10.2 Å². The molecule has 142 valence electrons. The van der Waals surface area contributed by atoms with Crippen LogP contribution in [0.5, 0.6) is 0 Å². The van der Waals surface area contributed by atoms with Gasteiger partial charge in [0.1, 0.15) is 5.82 Å². The third kappa shape index (κ3) is 3.53. The lowest BCUT2D eigenvalue weighted by atomic mass is 9.90. The van der Waals surface area contributed by atoms with E-state index in [2.05, 4.69) is 10.2 Å². The summed E-state index contributed by atoms with van der Waals surface area (Å²) in [7, 11) is 0. The van der Waals surface area contributed by atoms with E-state index < -0.39 is 0 Å². The molecule has 1 amide bonds. The number of rotatable bonds is 4. The smallest absolute Gasteiger partial charge is 0.252 e. The molecule has 5 heteroatoms. The summed E-state index contributed by atoms with van der Waals surface area (Å²) in [6.45, 7) is 2.90. The summed E-state index contributed by atoms with van der Waals surface area (Å²) in [5.41, 5.74) is 1.65. The lowest BCUT2D eigenvalue weighted by Crippen LogP contribution is -2.38. The quantitative estimate of drug-likeness (QED) is 0.901. The van der Waals surface area contributed by atoms with Crippen LogP contribution in [-0.2, 0) is 4.74 Å². The molecule has 5 rings (SSSR count). The van der Waals surface area contributed by atoms with E-state index in [-0.39, 0.29) is 5.91 Å². The SMILES string of the molecule is O=C(NC1CC1)c1cc(N2CCC(C3CCCO3)CC2)nc2ccccc12. The molecule has 2 aromatic rings. The van der Waals surface area contributed by atoms with Crippen molar-refractivity contribution < 1.29 is 9.53 Å². The van der Waals surface area contributed by atoms with Gasteiger partial charge in [0.05, 0.1) is 17.2 Å². The van der Waals surface area contributed by atoms with Crippen LogP contribution in [0.25, 0.3) is 10.9 Å². The third-order valence-electron chi connectivity index (χ3n) is 6.21. The summed E-state index contributed by atoms with van der Waals surface area (Å²) in [4.78, 5) is 20.0. The second-order valence-electron chi connectivity index (χ2n) is 8.17. The Morgan fingerprint density at radius 1 is 1.11 bits per heavy atom. The Bertz CT molecular complexity index is 835. The van der Waals surface area contributed by atoms with E-state index >= 15 is 0 Å². The van der Waals surface area contributed by atoms with E-state index in [4.69, 9.17) is 9.72 Å². The van der Waals surface area contributed by atoms with Crippen molar-refractivity contribution in [3.63, 3.8) is 0 Å². The van der Waals surface area contributed by atoms with Gasteiger partial charge in [-0.05, 0) is 56.6 Å². The molecule has 3 fully saturated rings. The van der Waals surface area contributed by atoms with E-state index in [1.807, 2.05) is 30.3 Å². The minimum atomic E-state index is 0.0339. The maximum absolute atomic E-state index is 12.8. The number of fused-ring (bicyclic) bond motifs is 1. The number of carbonyl (C=O) groups excluding carboxylic acids is 1. The number of carbonyl (C=O) groups is 1. The number of nitrogens with one attached hydrogen (secondary N) is 1. The normalized spacial score (nSPS) is 23.7. The van der Waals surface area contributed by atoms with Crippen LogP contribution in [-0.4, -0.2) is 42.7 Å². The topological polar surface area (TPSA) is 54.5 Å². The van der Waals surface area contributed by atoms with Crippen molar-refractivity contribution in [3.05, 3.63) is 35.9 Å². The average molecular weight is 365 g/mol. The van der Waals surface area contributed by atoms with Crippen LogP contribution in [0, 0.1) is 5.92 Å². The fraction of sp³-hybridized carbons (Fsp3) is 0.545. The van der Waals surface area contributed by atoms with Gasteiger partial charge in [-0.3, -0.25) is 4.79 Å². The highest BCUT2D eigenvalue weighted by Gasteiger charge is 2.30. The summed E-state index contributed by atoms with van der Waals surface area (Å²) in [5.74, 6) is 1.63. The number of pyridine rings is 1. The Hall–Kier alpha value is -2.14. The first kappa shape index (κ1) is 17.0. The molecule has 1 N–H and O–H groups in total. The van der Waals surface area contributed by atoms with Crippen molar-refractivity contribution in [1.29, 1.82) is 0 Å². The maximum atomic E-state index is 12.8. The molecule has 0 spiro atoms. The highest BCUT2D eigenvalue weighted by Crippen LogP contribution is 2.32. The van der Waals surface area contributed by atoms with Crippen LogP contribution in [0.4, 0.5) is 5.82 Å². The predicted octanol–water partition coefficient (Wildman–Crippen LogP) is 3.52. The molecule has 27 heavy (non-hydrogen) atoms. The number of hydrogen-bond acceptors (Lipinski definition) is 4. The molecule has 0 bridgehead atoms. The van der Waals surface area contributed by atoms with Crippen molar-refractivity contribution in [2.75, 3.05) is 24.6 Å². The number of benzene rings is 1. The summed E-state index contributed by atoms with van der Waals surface area (Å²) >= 11 is 0. The number of piperidine rings is 1. The first-order valence-corrected chi connectivity index (χ1v) is 10.3. The first-order valence-electron chi connectivity index (χ1n) is 10.3. The van der Waals surface area contributed by atoms with Crippen molar-refractivity contribution >= 4 is 22.6 Å². The van der Waals surface area contributed by atoms with Crippen molar-refractivity contribution in [2.45, 2.75) is 50.7 Å². The van der Waals surface area contributed by atoms with Gasteiger partial charge < -0.3 is 15.0 Å². The van der Waals surface area contributed by atoms with E-state index in [0.29, 0.717) is 18.1 Å². The molecule has 3 heterocycles. The number of hydrogen-bond donors (Lipinski definition) is 1. The van der Waals surface area contributed by atoms with E-state index in [0.717, 1.165) is 67.7 Å². The number of amides is 1. The lowest BCUT2D eigenvalue weighted by Gasteiger charge is -2.35. The number of nitrogens with zero attached hydrogens (tertiary/aromatic N) is 2. The van der Waals surface area contributed by atoms with Gasteiger partial charge in [-0.25, -0.2) is 4.98 Å². The number of ether oxygens (including phenoxy) is 1. The van der Waals surface area contributed by atoms with Crippen molar-refractivity contribution in [3.8, 4) is 0 Å². The summed E-state index contributed by atoms with van der Waals surface area (Å²) in [6, 6.07) is 10.3. The summed E-state index contributed by atoms with van der Waals surface area (Å²) in [6.07, 6.45) is 7.35. The lowest BCUT2D eigenvalue weighted by molar-refractivity contribution is 0.0531. The molecule has 1 aromatic heterocycles. The van der Waals surface area contributed by atoms with Gasteiger partial charge in [0.15, 0.2) is 0 Å². The Balaban J connectivity index is 1.39. The standard InChI is InChI=1S/C22H27N3O2/c26-22(23-16-7-8-16)18-14-21(24-19-5-2-1-4-17(18)19)25-11-9-15(10-12-25)20-6-3-13-27-20/h1-2,4-5,14-16,20H,3,6-13H2,(H,23,26). The van der Waals surface area contributed by atoms with Gasteiger partial charge in [0.25, 0.3) is 5.91 Å². The average Bonchev–Trinajstić information content (AvgIpc) is 3.35. The molecule has 0 radical (unpaired) electrons. The molecular formula is C22H27N3O2. The Kier molecular flexibility index (Phi) is 4.48. The second kappa shape index (κ2) is 7.12. The van der Waals surface area contributed by atoms with Crippen LogP contribution in [0.1, 0.15) is 48.9 Å². The van der Waals surface area contributed by atoms with Crippen LogP contribution >= 0.6 is 0 Å². The molecule has 2 saturated heterocycles. The maximum Gasteiger partial charge on any atom is 0.252 e. The van der Waals surface area contributed by atoms with Crippen LogP contribution in [0.2, 0.25) is 0 Å². The highest BCUT2D eigenvalue weighted by molar-refractivity contribution is 6.07. The van der Waals surface area contributed by atoms with Gasteiger partial charge in [0.2, 0.25) is 0 Å². The molecular weight excluding hydrogens is 338 g/mol. The fourth-order valence-corrected chi connectivity index (χ4v) is 4.48. The zero-order chi connectivity index (χ0) is 18.2. The monoisotopic (exact) mass is 365 g/mol.